The first-order valence-electron chi connectivity index (χ1n) is 5.58. The lowest BCUT2D eigenvalue weighted by atomic mass is 10.1. The van der Waals surface area contributed by atoms with Gasteiger partial charge in [0.2, 0.25) is 0 Å². The number of benzene rings is 1. The van der Waals surface area contributed by atoms with E-state index in [0.29, 0.717) is 26.1 Å². The molecule has 0 aliphatic heterocycles. The Balaban J connectivity index is 2.24. The number of carbonyl (C=O) groups excluding carboxylic acids is 1. The molecule has 20 heavy (non-hydrogen) atoms. The van der Waals surface area contributed by atoms with Gasteiger partial charge in [-0.05, 0) is 34.1 Å². The van der Waals surface area contributed by atoms with Crippen LogP contribution in [0.4, 0.5) is 4.39 Å². The molecule has 0 radical (unpaired) electrons. The van der Waals surface area contributed by atoms with Gasteiger partial charge in [-0.15, -0.1) is 11.3 Å². The van der Waals surface area contributed by atoms with Crippen LogP contribution in [0.25, 0.3) is 21.6 Å². The lowest BCUT2D eigenvalue weighted by molar-refractivity contribution is 0.1000. The maximum atomic E-state index is 13.8. The van der Waals surface area contributed by atoms with Gasteiger partial charge < -0.3 is 5.73 Å². The van der Waals surface area contributed by atoms with Gasteiger partial charge in [-0.25, -0.2) is 14.4 Å². The number of hydrogen-bond donors (Lipinski definition) is 1. The highest BCUT2D eigenvalue weighted by atomic mass is 79.9. The van der Waals surface area contributed by atoms with Crippen molar-refractivity contribution >= 4 is 43.5 Å². The van der Waals surface area contributed by atoms with Gasteiger partial charge in [-0.3, -0.25) is 4.79 Å². The Hall–Kier alpha value is -1.86. The Bertz CT molecular complexity index is 834. The molecule has 2 N–H and O–H groups in total. The van der Waals surface area contributed by atoms with E-state index in [-0.39, 0.29) is 10.8 Å². The van der Waals surface area contributed by atoms with Crippen LogP contribution in [-0.4, -0.2) is 15.9 Å². The number of fused-ring (bicyclic) bond motifs is 1. The van der Waals surface area contributed by atoms with E-state index in [2.05, 4.69) is 25.9 Å². The molecule has 2 aromatic heterocycles. The lowest BCUT2D eigenvalue weighted by Crippen LogP contribution is -2.09. The highest BCUT2D eigenvalue weighted by Gasteiger charge is 2.15. The lowest BCUT2D eigenvalue weighted by Gasteiger charge is -2.04. The molecule has 3 rings (SSSR count). The van der Waals surface area contributed by atoms with Gasteiger partial charge in [-0.2, -0.15) is 0 Å². The number of halogens is 2. The van der Waals surface area contributed by atoms with E-state index in [1.165, 1.54) is 6.07 Å². The molecule has 0 bridgehead atoms. The average molecular weight is 352 g/mol. The summed E-state index contributed by atoms with van der Waals surface area (Å²) in [5.41, 5.74) is 6.39. The predicted octanol–water partition coefficient (Wildman–Crippen LogP) is 3.36. The molecule has 1 amide bonds. The SMILES string of the molecule is NC(=O)c1nc2nc(-c3ccccc3F)c(Br)cc2s1. The van der Waals surface area contributed by atoms with Crippen LogP contribution in [0.3, 0.4) is 0 Å². The van der Waals surface area contributed by atoms with Crippen LogP contribution in [-0.2, 0) is 0 Å². The first-order valence-corrected chi connectivity index (χ1v) is 7.19. The number of nitrogens with zero attached hydrogens (tertiary/aromatic N) is 2. The number of rotatable bonds is 2. The van der Waals surface area contributed by atoms with Crippen LogP contribution in [0.5, 0.6) is 0 Å². The Morgan fingerprint density at radius 1 is 1.30 bits per heavy atom. The standard InChI is InChI=1S/C13H7BrFN3OS/c14-7-5-9-12(18-13(20-9)11(16)19)17-10(7)6-3-1-2-4-8(6)15/h1-5H,(H2,16,19). The molecule has 0 saturated carbocycles. The summed E-state index contributed by atoms with van der Waals surface area (Å²) in [5, 5.41) is 0.185. The van der Waals surface area contributed by atoms with E-state index in [0.717, 1.165) is 11.3 Å². The summed E-state index contributed by atoms with van der Waals surface area (Å²) in [5.74, 6) is -0.970. The summed E-state index contributed by atoms with van der Waals surface area (Å²) in [7, 11) is 0. The van der Waals surface area contributed by atoms with Crippen molar-refractivity contribution in [3.8, 4) is 11.3 Å². The zero-order chi connectivity index (χ0) is 14.3. The van der Waals surface area contributed by atoms with E-state index in [1.807, 2.05) is 0 Å². The molecule has 4 nitrogen and oxygen atoms in total. The molecule has 0 aliphatic carbocycles. The zero-order valence-corrected chi connectivity index (χ0v) is 12.3. The highest BCUT2D eigenvalue weighted by Crippen LogP contribution is 2.32. The number of pyridine rings is 1. The maximum absolute atomic E-state index is 13.8. The van der Waals surface area contributed by atoms with E-state index < -0.39 is 5.91 Å². The molecule has 3 aromatic rings. The Labute approximate surface area is 125 Å². The first kappa shape index (κ1) is 13.1. The van der Waals surface area contributed by atoms with Gasteiger partial charge in [0.15, 0.2) is 10.7 Å². The van der Waals surface area contributed by atoms with Gasteiger partial charge in [0.05, 0.1) is 10.4 Å². The molecule has 7 heteroatoms. The molecule has 0 aliphatic rings. The molecule has 1 aromatic carbocycles. The number of carbonyl (C=O) groups is 1. The number of hydrogen-bond acceptors (Lipinski definition) is 4. The number of primary amides is 1. The Morgan fingerprint density at radius 2 is 2.05 bits per heavy atom. The summed E-state index contributed by atoms with van der Waals surface area (Å²) in [6.07, 6.45) is 0. The van der Waals surface area contributed by atoms with Crippen molar-refractivity contribution in [2.45, 2.75) is 0 Å². The van der Waals surface area contributed by atoms with Crippen LogP contribution in [0.2, 0.25) is 0 Å². The van der Waals surface area contributed by atoms with Crippen molar-refractivity contribution in [2.24, 2.45) is 5.73 Å². The first-order chi connectivity index (χ1) is 9.56. The van der Waals surface area contributed by atoms with Crippen LogP contribution in [0, 0.1) is 5.82 Å². The minimum Gasteiger partial charge on any atom is -0.364 e. The molecule has 2 heterocycles. The summed E-state index contributed by atoms with van der Waals surface area (Å²) < 4.78 is 15.2. The van der Waals surface area contributed by atoms with Gasteiger partial charge in [-0.1, -0.05) is 12.1 Å². The fraction of sp³-hybridized carbons (Fsp3) is 0. The van der Waals surface area contributed by atoms with Crippen LogP contribution < -0.4 is 5.73 Å². The molecule has 0 saturated heterocycles. The van der Waals surface area contributed by atoms with E-state index >= 15 is 0 Å². The summed E-state index contributed by atoms with van der Waals surface area (Å²) >= 11 is 4.52. The highest BCUT2D eigenvalue weighted by molar-refractivity contribution is 9.10. The summed E-state index contributed by atoms with van der Waals surface area (Å²) in [6, 6.07) is 8.10. The van der Waals surface area contributed by atoms with Crippen LogP contribution >= 0.6 is 27.3 Å². The number of amides is 1. The third-order valence-electron chi connectivity index (χ3n) is 2.68. The van der Waals surface area contributed by atoms with Gasteiger partial charge in [0.1, 0.15) is 5.82 Å². The second kappa shape index (κ2) is 4.92. The van der Waals surface area contributed by atoms with E-state index in [9.17, 15) is 9.18 Å². The van der Waals surface area contributed by atoms with Crippen molar-refractivity contribution in [3.05, 3.63) is 45.6 Å². The second-order valence-corrected chi connectivity index (χ2v) is 5.89. The third-order valence-corrected chi connectivity index (χ3v) is 4.29. The molecule has 0 spiro atoms. The zero-order valence-electron chi connectivity index (χ0n) is 9.93. The molecule has 0 atom stereocenters. The van der Waals surface area contributed by atoms with E-state index in [4.69, 9.17) is 5.73 Å². The Morgan fingerprint density at radius 3 is 2.75 bits per heavy atom. The van der Waals surface area contributed by atoms with Crippen molar-refractivity contribution in [3.63, 3.8) is 0 Å². The summed E-state index contributed by atoms with van der Waals surface area (Å²) in [6.45, 7) is 0. The smallest absolute Gasteiger partial charge is 0.277 e. The van der Waals surface area contributed by atoms with Crippen molar-refractivity contribution < 1.29 is 9.18 Å². The molecule has 0 unspecified atom stereocenters. The normalized spacial score (nSPS) is 10.9. The number of thiazole rings is 1. The van der Waals surface area contributed by atoms with Gasteiger partial charge in [0.25, 0.3) is 5.91 Å². The quantitative estimate of drug-likeness (QED) is 0.769. The molecule has 0 fully saturated rings. The van der Waals surface area contributed by atoms with Crippen LogP contribution in [0.15, 0.2) is 34.8 Å². The largest absolute Gasteiger partial charge is 0.364 e. The predicted molar refractivity (Wildman–Crippen MR) is 79.0 cm³/mol. The monoisotopic (exact) mass is 351 g/mol. The Kier molecular flexibility index (Phi) is 3.23. The topological polar surface area (TPSA) is 68.9 Å². The number of aromatic nitrogens is 2. The van der Waals surface area contributed by atoms with E-state index in [1.54, 1.807) is 24.3 Å². The summed E-state index contributed by atoms with van der Waals surface area (Å²) in [4.78, 5) is 19.5. The number of nitrogens with two attached hydrogens (primary N) is 1. The second-order valence-electron chi connectivity index (χ2n) is 4.00. The van der Waals surface area contributed by atoms with Crippen molar-refractivity contribution in [1.29, 1.82) is 0 Å². The molecular weight excluding hydrogens is 345 g/mol. The molecular formula is C13H7BrFN3OS. The van der Waals surface area contributed by atoms with Gasteiger partial charge >= 0.3 is 0 Å². The fourth-order valence-electron chi connectivity index (χ4n) is 1.79. The average Bonchev–Trinajstić information content (AvgIpc) is 2.81. The van der Waals surface area contributed by atoms with Gasteiger partial charge in [0, 0.05) is 10.0 Å². The fourth-order valence-corrected chi connectivity index (χ4v) is 3.27. The molecule has 100 valence electrons. The third kappa shape index (κ3) is 2.19. The van der Waals surface area contributed by atoms with Crippen LogP contribution in [0.1, 0.15) is 9.80 Å². The minimum absolute atomic E-state index is 0.185. The minimum atomic E-state index is -0.600. The maximum Gasteiger partial charge on any atom is 0.277 e. The van der Waals surface area contributed by atoms with Crippen molar-refractivity contribution in [1.82, 2.24) is 9.97 Å². The van der Waals surface area contributed by atoms with Crippen molar-refractivity contribution in [2.75, 3.05) is 0 Å².